The van der Waals surface area contributed by atoms with Crippen LogP contribution >= 0.6 is 11.6 Å². The van der Waals surface area contributed by atoms with Crippen LogP contribution in [0.15, 0.2) is 23.2 Å². The molecule has 0 saturated heterocycles. The first-order valence-corrected chi connectivity index (χ1v) is 8.82. The summed E-state index contributed by atoms with van der Waals surface area (Å²) in [6.07, 6.45) is 1.71. The molecule has 1 aromatic carbocycles. The van der Waals surface area contributed by atoms with Crippen molar-refractivity contribution in [3.63, 3.8) is 0 Å². The summed E-state index contributed by atoms with van der Waals surface area (Å²) < 4.78 is 5.16. The molecule has 0 saturated carbocycles. The van der Waals surface area contributed by atoms with E-state index in [0.29, 0.717) is 17.5 Å². The second kappa shape index (κ2) is 10.8. The summed E-state index contributed by atoms with van der Waals surface area (Å²) in [7, 11) is 5.06. The van der Waals surface area contributed by atoms with Gasteiger partial charge in [-0.05, 0) is 37.5 Å². The average molecular weight is 369 g/mol. The molecule has 0 bridgehead atoms. The number of rotatable bonds is 8. The third-order valence-electron chi connectivity index (χ3n) is 3.81. The van der Waals surface area contributed by atoms with Crippen LogP contribution in [0, 0.1) is 0 Å². The van der Waals surface area contributed by atoms with Gasteiger partial charge in [-0.2, -0.15) is 0 Å². The second-order valence-corrected chi connectivity index (χ2v) is 6.45. The van der Waals surface area contributed by atoms with Gasteiger partial charge in [0.05, 0.1) is 7.11 Å². The van der Waals surface area contributed by atoms with E-state index in [-0.39, 0.29) is 18.5 Å². The number of aliphatic imine (C=N–C) groups is 1. The van der Waals surface area contributed by atoms with Crippen molar-refractivity contribution in [2.24, 2.45) is 4.99 Å². The van der Waals surface area contributed by atoms with Crippen LogP contribution in [0.1, 0.15) is 25.8 Å². The van der Waals surface area contributed by atoms with Crippen LogP contribution in [0.25, 0.3) is 0 Å². The molecule has 1 amide bonds. The highest BCUT2D eigenvalue weighted by atomic mass is 35.5. The van der Waals surface area contributed by atoms with E-state index in [1.54, 1.807) is 27.3 Å². The zero-order chi connectivity index (χ0) is 18.8. The molecule has 0 heterocycles. The van der Waals surface area contributed by atoms with Gasteiger partial charge >= 0.3 is 0 Å². The number of likely N-dealkylation sites (N-methyl/N-ethyl adjacent to an activating group) is 1. The first-order valence-electron chi connectivity index (χ1n) is 8.44. The molecule has 0 aliphatic heterocycles. The van der Waals surface area contributed by atoms with Crippen LogP contribution in [0.5, 0.6) is 5.75 Å². The largest absolute Gasteiger partial charge is 0.497 e. The maximum atomic E-state index is 11.7. The Balaban J connectivity index is 2.65. The van der Waals surface area contributed by atoms with Crippen LogP contribution < -0.4 is 15.4 Å². The van der Waals surface area contributed by atoms with Gasteiger partial charge in [0, 0.05) is 31.7 Å². The Morgan fingerprint density at radius 3 is 2.68 bits per heavy atom. The molecular weight excluding hydrogens is 340 g/mol. The maximum Gasteiger partial charge on any atom is 0.243 e. The fraction of sp³-hybridized carbons (Fsp3) is 0.556. The van der Waals surface area contributed by atoms with Gasteiger partial charge in [0.2, 0.25) is 5.91 Å². The van der Waals surface area contributed by atoms with Gasteiger partial charge in [-0.25, -0.2) is 4.99 Å². The molecule has 0 fully saturated rings. The lowest BCUT2D eigenvalue weighted by atomic mass is 10.1. The number of methoxy groups -OCH3 is 1. The van der Waals surface area contributed by atoms with Crippen molar-refractivity contribution in [2.45, 2.75) is 32.7 Å². The maximum absolute atomic E-state index is 11.7. The van der Waals surface area contributed by atoms with Gasteiger partial charge in [-0.15, -0.1) is 0 Å². The van der Waals surface area contributed by atoms with Crippen molar-refractivity contribution < 1.29 is 9.53 Å². The van der Waals surface area contributed by atoms with Crippen molar-refractivity contribution in [1.29, 1.82) is 0 Å². The second-order valence-electron chi connectivity index (χ2n) is 6.04. The molecule has 1 rings (SSSR count). The van der Waals surface area contributed by atoms with Gasteiger partial charge in [-0.1, -0.05) is 24.6 Å². The van der Waals surface area contributed by atoms with Crippen LogP contribution in [0.2, 0.25) is 5.02 Å². The van der Waals surface area contributed by atoms with E-state index in [9.17, 15) is 4.79 Å². The number of ether oxygens (including phenoxy) is 1. The molecule has 1 atom stereocenters. The number of hydrogen-bond acceptors (Lipinski definition) is 3. The summed E-state index contributed by atoms with van der Waals surface area (Å²) in [4.78, 5) is 17.6. The van der Waals surface area contributed by atoms with E-state index in [4.69, 9.17) is 16.3 Å². The highest BCUT2D eigenvalue weighted by Gasteiger charge is 2.08. The molecule has 0 radical (unpaired) electrons. The quantitative estimate of drug-likeness (QED) is 0.546. The van der Waals surface area contributed by atoms with Crippen molar-refractivity contribution >= 4 is 23.5 Å². The molecule has 0 aliphatic rings. The van der Waals surface area contributed by atoms with Crippen molar-refractivity contribution in [1.82, 2.24) is 15.5 Å². The Morgan fingerprint density at radius 2 is 2.12 bits per heavy atom. The zero-order valence-corrected chi connectivity index (χ0v) is 16.5. The van der Waals surface area contributed by atoms with E-state index in [1.165, 1.54) is 4.90 Å². The van der Waals surface area contributed by atoms with Gasteiger partial charge < -0.3 is 20.3 Å². The highest BCUT2D eigenvalue weighted by Crippen LogP contribution is 2.22. The molecule has 25 heavy (non-hydrogen) atoms. The number of benzene rings is 1. The minimum atomic E-state index is -0.0385. The van der Waals surface area contributed by atoms with Gasteiger partial charge in [-0.3, -0.25) is 4.79 Å². The van der Waals surface area contributed by atoms with Crippen molar-refractivity contribution in [3.05, 3.63) is 28.8 Å². The van der Waals surface area contributed by atoms with Gasteiger partial charge in [0.25, 0.3) is 0 Å². The Bertz CT molecular complexity index is 590. The van der Waals surface area contributed by atoms with Gasteiger partial charge in [0.15, 0.2) is 5.96 Å². The lowest BCUT2D eigenvalue weighted by molar-refractivity contribution is -0.127. The zero-order valence-electron chi connectivity index (χ0n) is 15.7. The Morgan fingerprint density at radius 1 is 1.40 bits per heavy atom. The summed E-state index contributed by atoms with van der Waals surface area (Å²) in [5.74, 6) is 1.34. The first-order chi connectivity index (χ1) is 11.9. The smallest absolute Gasteiger partial charge is 0.243 e. The third-order valence-corrected chi connectivity index (χ3v) is 4.17. The number of carbonyl (C=O) groups is 1. The summed E-state index contributed by atoms with van der Waals surface area (Å²) in [5.41, 5.74) is 1.03. The van der Waals surface area contributed by atoms with E-state index in [1.807, 2.05) is 12.1 Å². The van der Waals surface area contributed by atoms with E-state index >= 15 is 0 Å². The normalized spacial score (nSPS) is 12.5. The summed E-state index contributed by atoms with van der Waals surface area (Å²) in [6.45, 7) is 4.94. The standard InChI is InChI=1S/C18H29ClN4O2/c1-6-13(2)22-18(21-12-17(24)23(3)4)20-10-9-14-7-8-15(25-5)11-16(14)19/h7-8,11,13H,6,9-10,12H2,1-5H3,(H2,20,21,22). The fourth-order valence-corrected chi connectivity index (χ4v) is 2.21. The summed E-state index contributed by atoms with van der Waals surface area (Å²) in [5, 5.41) is 7.24. The number of nitrogens with one attached hydrogen (secondary N) is 2. The highest BCUT2D eigenvalue weighted by molar-refractivity contribution is 6.31. The van der Waals surface area contributed by atoms with Crippen LogP contribution in [0.3, 0.4) is 0 Å². The van der Waals surface area contributed by atoms with E-state index < -0.39 is 0 Å². The van der Waals surface area contributed by atoms with Crippen molar-refractivity contribution in [3.8, 4) is 5.75 Å². The number of hydrogen-bond donors (Lipinski definition) is 2. The predicted octanol–water partition coefficient (Wildman–Crippen LogP) is 2.31. The number of amides is 1. The van der Waals surface area contributed by atoms with Crippen LogP contribution in [0.4, 0.5) is 0 Å². The molecule has 0 aliphatic carbocycles. The molecule has 2 N–H and O–H groups in total. The van der Waals surface area contributed by atoms with E-state index in [0.717, 1.165) is 24.2 Å². The molecule has 1 aromatic rings. The minimum Gasteiger partial charge on any atom is -0.497 e. The molecule has 0 spiro atoms. The fourth-order valence-electron chi connectivity index (χ4n) is 1.95. The Hall–Kier alpha value is -1.95. The predicted molar refractivity (Wildman–Crippen MR) is 104 cm³/mol. The number of nitrogens with zero attached hydrogens (tertiary/aromatic N) is 2. The third kappa shape index (κ3) is 7.65. The summed E-state index contributed by atoms with van der Waals surface area (Å²) >= 11 is 6.26. The minimum absolute atomic E-state index is 0.0385. The van der Waals surface area contributed by atoms with Gasteiger partial charge in [0.1, 0.15) is 12.3 Å². The van der Waals surface area contributed by atoms with E-state index in [2.05, 4.69) is 29.5 Å². The number of halogens is 1. The number of guanidine groups is 1. The Kier molecular flexibility index (Phi) is 9.13. The lowest BCUT2D eigenvalue weighted by Gasteiger charge is -2.18. The molecule has 6 nitrogen and oxygen atoms in total. The van der Waals surface area contributed by atoms with Crippen molar-refractivity contribution in [2.75, 3.05) is 34.3 Å². The molecule has 7 heteroatoms. The lowest BCUT2D eigenvalue weighted by Crippen LogP contribution is -2.43. The molecule has 140 valence electrons. The Labute approximate surface area is 155 Å². The van der Waals surface area contributed by atoms with Crippen LogP contribution in [-0.4, -0.2) is 57.1 Å². The number of carbonyl (C=O) groups excluding carboxylic acids is 1. The first kappa shape index (κ1) is 21.1. The summed E-state index contributed by atoms with van der Waals surface area (Å²) in [6, 6.07) is 5.92. The SMILES string of the molecule is CCC(C)NC(=NCC(=O)N(C)C)NCCc1ccc(OC)cc1Cl. The molecular formula is C18H29ClN4O2. The van der Waals surface area contributed by atoms with Crippen LogP contribution in [-0.2, 0) is 11.2 Å². The topological polar surface area (TPSA) is 66.0 Å². The molecule has 0 aromatic heterocycles. The average Bonchev–Trinajstić information content (AvgIpc) is 2.59. The monoisotopic (exact) mass is 368 g/mol. The molecule has 1 unspecified atom stereocenters.